The summed E-state index contributed by atoms with van der Waals surface area (Å²) in [7, 11) is 0. The van der Waals surface area contributed by atoms with Crippen molar-refractivity contribution < 1.29 is 5.11 Å². The molecule has 16 heavy (non-hydrogen) atoms. The van der Waals surface area contributed by atoms with E-state index in [4.69, 9.17) is 17.3 Å². The van der Waals surface area contributed by atoms with Crippen LogP contribution in [0.15, 0.2) is 23.0 Å². The number of phenolic OH excluding ortho intramolecular Hbond substituents is 1. The summed E-state index contributed by atoms with van der Waals surface area (Å²) >= 11 is 5.86. The molecule has 3 N–H and O–H groups in total. The second kappa shape index (κ2) is 4.11. The fourth-order valence-corrected chi connectivity index (χ4v) is 1.76. The third-order valence-electron chi connectivity index (χ3n) is 2.24. The van der Waals surface area contributed by atoms with Gasteiger partial charge in [-0.25, -0.2) is 4.98 Å². The van der Waals surface area contributed by atoms with E-state index in [1.165, 1.54) is 16.7 Å². The van der Waals surface area contributed by atoms with Crippen LogP contribution < -0.4 is 11.3 Å². The summed E-state index contributed by atoms with van der Waals surface area (Å²) in [4.78, 5) is 16.0. The van der Waals surface area contributed by atoms with Crippen molar-refractivity contribution in [2.24, 2.45) is 5.73 Å². The monoisotopic (exact) mass is 239 g/mol. The maximum Gasteiger partial charge on any atom is 0.262 e. The van der Waals surface area contributed by atoms with Gasteiger partial charge in [0.15, 0.2) is 0 Å². The molecule has 5 nitrogen and oxygen atoms in total. The zero-order valence-electron chi connectivity index (χ0n) is 8.35. The molecule has 1 aromatic carbocycles. The summed E-state index contributed by atoms with van der Waals surface area (Å²) in [5, 5.41) is 9.75. The zero-order chi connectivity index (χ0) is 11.7. The minimum absolute atomic E-state index is 0.0213. The number of phenols is 1. The number of hydrogen-bond donors (Lipinski definition) is 2. The first-order valence-electron chi connectivity index (χ1n) is 4.72. The summed E-state index contributed by atoms with van der Waals surface area (Å²) in [5.41, 5.74) is 5.54. The van der Waals surface area contributed by atoms with Crippen LogP contribution in [0.3, 0.4) is 0 Å². The third-order valence-corrected chi connectivity index (χ3v) is 2.53. The average molecular weight is 240 g/mol. The number of aromatic hydroxyl groups is 1. The number of aromatic nitrogens is 2. The van der Waals surface area contributed by atoms with Crippen molar-refractivity contribution in [2.75, 3.05) is 6.54 Å². The molecule has 2 rings (SSSR count). The molecule has 0 spiro atoms. The Labute approximate surface area is 96.1 Å². The lowest BCUT2D eigenvalue weighted by molar-refractivity contribution is 0.476. The summed E-state index contributed by atoms with van der Waals surface area (Å²) in [6.07, 6.45) is 0. The summed E-state index contributed by atoms with van der Waals surface area (Å²) in [6, 6.07) is 4.37. The number of nitrogens with zero attached hydrogens (tertiary/aromatic N) is 2. The first-order valence-corrected chi connectivity index (χ1v) is 5.10. The molecule has 0 saturated carbocycles. The smallest absolute Gasteiger partial charge is 0.262 e. The van der Waals surface area contributed by atoms with Crippen LogP contribution in [0, 0.1) is 0 Å². The Kier molecular flexibility index (Phi) is 2.80. The van der Waals surface area contributed by atoms with E-state index in [0.717, 1.165) is 0 Å². The van der Waals surface area contributed by atoms with E-state index in [2.05, 4.69) is 4.98 Å². The Morgan fingerprint density at radius 3 is 2.94 bits per heavy atom. The first-order chi connectivity index (χ1) is 7.63. The fraction of sp³-hybridized carbons (Fsp3) is 0.200. The maximum absolute atomic E-state index is 12.0. The average Bonchev–Trinajstić information content (AvgIpc) is 2.26. The highest BCUT2D eigenvalue weighted by molar-refractivity contribution is 6.28. The number of rotatable bonds is 2. The SMILES string of the molecule is NCCn1c(Cl)nc2ccc(O)cc2c1=O. The molecule has 2 aromatic rings. The lowest BCUT2D eigenvalue weighted by Crippen LogP contribution is -2.25. The number of benzene rings is 1. The fourth-order valence-electron chi connectivity index (χ4n) is 1.50. The second-order valence-corrected chi connectivity index (χ2v) is 3.67. The highest BCUT2D eigenvalue weighted by atomic mass is 35.5. The predicted octanol–water partition coefficient (Wildman–Crippen LogP) is 0.714. The minimum atomic E-state index is -0.295. The molecule has 0 unspecified atom stereocenters. The van der Waals surface area contributed by atoms with E-state index < -0.39 is 0 Å². The van der Waals surface area contributed by atoms with E-state index in [1.807, 2.05) is 0 Å². The van der Waals surface area contributed by atoms with Gasteiger partial charge in [0.1, 0.15) is 5.75 Å². The highest BCUT2D eigenvalue weighted by Gasteiger charge is 2.09. The van der Waals surface area contributed by atoms with Gasteiger partial charge in [0, 0.05) is 13.1 Å². The van der Waals surface area contributed by atoms with Gasteiger partial charge in [-0.05, 0) is 29.8 Å². The van der Waals surface area contributed by atoms with Gasteiger partial charge in [-0.3, -0.25) is 9.36 Å². The lowest BCUT2D eigenvalue weighted by Gasteiger charge is -2.07. The topological polar surface area (TPSA) is 81.1 Å². The second-order valence-electron chi connectivity index (χ2n) is 3.33. The lowest BCUT2D eigenvalue weighted by atomic mass is 10.2. The molecule has 0 aliphatic carbocycles. The van der Waals surface area contributed by atoms with Gasteiger partial charge < -0.3 is 10.8 Å². The van der Waals surface area contributed by atoms with E-state index in [-0.39, 0.29) is 16.6 Å². The molecular formula is C10H10ClN3O2. The Morgan fingerprint density at radius 2 is 2.25 bits per heavy atom. The van der Waals surface area contributed by atoms with Gasteiger partial charge in [0.2, 0.25) is 5.28 Å². The third kappa shape index (κ3) is 1.75. The van der Waals surface area contributed by atoms with Gasteiger partial charge in [-0.1, -0.05) is 0 Å². The van der Waals surface area contributed by atoms with E-state index in [0.29, 0.717) is 24.0 Å². The first kappa shape index (κ1) is 10.9. The molecule has 0 radical (unpaired) electrons. The van der Waals surface area contributed by atoms with Crippen LogP contribution >= 0.6 is 11.6 Å². The summed E-state index contributed by atoms with van der Waals surface area (Å²) in [6.45, 7) is 0.599. The highest BCUT2D eigenvalue weighted by Crippen LogP contribution is 2.16. The van der Waals surface area contributed by atoms with Crippen LogP contribution in [0.5, 0.6) is 5.75 Å². The van der Waals surface area contributed by atoms with Gasteiger partial charge in [0.25, 0.3) is 5.56 Å². The van der Waals surface area contributed by atoms with E-state index in [1.54, 1.807) is 6.07 Å². The van der Waals surface area contributed by atoms with Crippen LogP contribution in [0.2, 0.25) is 5.28 Å². The molecule has 1 aromatic heterocycles. The summed E-state index contributed by atoms with van der Waals surface area (Å²) < 4.78 is 1.28. The molecule has 0 fully saturated rings. The molecular weight excluding hydrogens is 230 g/mol. The van der Waals surface area contributed by atoms with Crippen molar-refractivity contribution in [3.05, 3.63) is 33.8 Å². The number of fused-ring (bicyclic) bond motifs is 1. The molecule has 0 aliphatic rings. The van der Waals surface area contributed by atoms with Crippen LogP contribution in [-0.4, -0.2) is 21.2 Å². The molecule has 0 saturated heterocycles. The molecule has 84 valence electrons. The normalized spacial score (nSPS) is 10.9. The van der Waals surface area contributed by atoms with Crippen LogP contribution in [-0.2, 0) is 6.54 Å². The predicted molar refractivity (Wildman–Crippen MR) is 61.7 cm³/mol. The largest absolute Gasteiger partial charge is 0.508 e. The van der Waals surface area contributed by atoms with Gasteiger partial charge in [0.05, 0.1) is 10.9 Å². The van der Waals surface area contributed by atoms with Gasteiger partial charge in [-0.15, -0.1) is 0 Å². The molecule has 6 heteroatoms. The Balaban J connectivity index is 2.80. The number of halogens is 1. The van der Waals surface area contributed by atoms with Crippen LogP contribution in [0.1, 0.15) is 0 Å². The van der Waals surface area contributed by atoms with Crippen molar-refractivity contribution in [1.82, 2.24) is 9.55 Å². The van der Waals surface area contributed by atoms with E-state index >= 15 is 0 Å². The molecule has 1 heterocycles. The standard InChI is InChI=1S/C10H10ClN3O2/c11-10-13-8-2-1-6(15)5-7(8)9(16)14(10)4-3-12/h1-2,5,15H,3-4,12H2. The Bertz CT molecular complexity index is 594. The van der Waals surface area contributed by atoms with Crippen molar-refractivity contribution in [3.63, 3.8) is 0 Å². The molecule has 0 aliphatic heterocycles. The molecule has 0 bridgehead atoms. The number of nitrogens with two attached hydrogens (primary N) is 1. The van der Waals surface area contributed by atoms with Crippen LogP contribution in [0.4, 0.5) is 0 Å². The minimum Gasteiger partial charge on any atom is -0.508 e. The van der Waals surface area contributed by atoms with Crippen molar-refractivity contribution in [3.8, 4) is 5.75 Å². The van der Waals surface area contributed by atoms with Crippen molar-refractivity contribution in [1.29, 1.82) is 0 Å². The maximum atomic E-state index is 12.0. The number of hydrogen-bond acceptors (Lipinski definition) is 4. The zero-order valence-corrected chi connectivity index (χ0v) is 9.11. The molecule has 0 amide bonds. The van der Waals surface area contributed by atoms with Gasteiger partial charge in [-0.2, -0.15) is 0 Å². The van der Waals surface area contributed by atoms with Crippen molar-refractivity contribution >= 4 is 22.5 Å². The van der Waals surface area contributed by atoms with Crippen molar-refractivity contribution in [2.45, 2.75) is 6.54 Å². The quantitative estimate of drug-likeness (QED) is 0.757. The molecule has 0 atom stereocenters. The Morgan fingerprint density at radius 1 is 1.50 bits per heavy atom. The Hall–Kier alpha value is -1.59. The van der Waals surface area contributed by atoms with Crippen LogP contribution in [0.25, 0.3) is 10.9 Å². The van der Waals surface area contributed by atoms with E-state index in [9.17, 15) is 9.90 Å². The van der Waals surface area contributed by atoms with Gasteiger partial charge >= 0.3 is 0 Å². The summed E-state index contributed by atoms with van der Waals surface area (Å²) in [5.74, 6) is 0.0213.